The predicted octanol–water partition coefficient (Wildman–Crippen LogP) is 0.706. The molecule has 0 amide bonds. The van der Waals surface area contributed by atoms with Crippen molar-refractivity contribution in [1.29, 1.82) is 0 Å². The minimum absolute atomic E-state index is 0.0533. The molecule has 0 radical (unpaired) electrons. The first-order chi connectivity index (χ1) is 8.99. The lowest BCUT2D eigenvalue weighted by molar-refractivity contribution is 0.119. The van der Waals surface area contributed by atoms with E-state index in [4.69, 9.17) is 4.74 Å². The first-order valence-electron chi connectivity index (χ1n) is 6.56. The van der Waals surface area contributed by atoms with Gasteiger partial charge in [0.05, 0.1) is 18.6 Å². The van der Waals surface area contributed by atoms with Crippen molar-refractivity contribution in [1.82, 2.24) is 14.1 Å². The molecule has 6 nitrogen and oxygen atoms in total. The highest BCUT2D eigenvalue weighted by Gasteiger charge is 2.33. The molecule has 0 saturated heterocycles. The molecular formula is C12H21N3O3S. The van der Waals surface area contributed by atoms with Crippen LogP contribution in [-0.2, 0) is 28.4 Å². The molecule has 1 aliphatic heterocycles. The number of sulfonamides is 1. The molecule has 1 atom stereocenters. The molecule has 7 heteroatoms. The van der Waals surface area contributed by atoms with Gasteiger partial charge in [0, 0.05) is 43.9 Å². The van der Waals surface area contributed by atoms with E-state index in [-0.39, 0.29) is 11.7 Å². The van der Waals surface area contributed by atoms with E-state index in [1.807, 2.05) is 18.7 Å². The Hall–Kier alpha value is -0.920. The molecule has 0 N–H and O–H groups in total. The van der Waals surface area contributed by atoms with Gasteiger partial charge in [0.1, 0.15) is 0 Å². The number of nitrogens with zero attached hydrogens (tertiary/aromatic N) is 3. The summed E-state index contributed by atoms with van der Waals surface area (Å²) in [6, 6.07) is 0. The molecule has 2 heterocycles. The average molecular weight is 287 g/mol. The van der Waals surface area contributed by atoms with Gasteiger partial charge in [0.2, 0.25) is 10.0 Å². The number of rotatable bonds is 5. The van der Waals surface area contributed by atoms with Crippen LogP contribution in [0.25, 0.3) is 0 Å². The van der Waals surface area contributed by atoms with Crippen LogP contribution in [0, 0.1) is 0 Å². The maximum atomic E-state index is 12.0. The average Bonchev–Trinajstić information content (AvgIpc) is 2.78. The summed E-state index contributed by atoms with van der Waals surface area (Å²) in [5, 5.41) is 4.24. The topological polar surface area (TPSA) is 64.4 Å². The van der Waals surface area contributed by atoms with Crippen molar-refractivity contribution < 1.29 is 13.2 Å². The van der Waals surface area contributed by atoms with Crippen LogP contribution in [0.2, 0.25) is 0 Å². The lowest BCUT2D eigenvalue weighted by atomic mass is 9.99. The minimum Gasteiger partial charge on any atom is -0.381 e. The van der Waals surface area contributed by atoms with Gasteiger partial charge in [-0.05, 0) is 13.8 Å². The van der Waals surface area contributed by atoms with Crippen LogP contribution in [-0.4, -0.2) is 48.0 Å². The van der Waals surface area contributed by atoms with E-state index in [9.17, 15) is 8.42 Å². The molecule has 0 fully saturated rings. The Balaban J connectivity index is 2.30. The van der Waals surface area contributed by atoms with E-state index in [1.165, 1.54) is 0 Å². The van der Waals surface area contributed by atoms with E-state index in [0.29, 0.717) is 26.3 Å². The van der Waals surface area contributed by atoms with Gasteiger partial charge in [-0.2, -0.15) is 9.40 Å². The molecule has 1 aliphatic rings. The summed E-state index contributed by atoms with van der Waals surface area (Å²) >= 11 is 0. The van der Waals surface area contributed by atoms with Crippen molar-refractivity contribution in [3.63, 3.8) is 0 Å². The first kappa shape index (κ1) is 14.5. The Bertz CT molecular complexity index is 538. The zero-order valence-electron chi connectivity index (χ0n) is 11.7. The molecule has 1 aromatic rings. The lowest BCUT2D eigenvalue weighted by Crippen LogP contribution is -2.40. The Labute approximate surface area is 114 Å². The summed E-state index contributed by atoms with van der Waals surface area (Å²) in [6.07, 6.45) is 1.76. The quantitative estimate of drug-likeness (QED) is 0.800. The predicted molar refractivity (Wildman–Crippen MR) is 72.3 cm³/mol. The fraction of sp³-hybridized carbons (Fsp3) is 0.750. The van der Waals surface area contributed by atoms with Gasteiger partial charge in [0.15, 0.2) is 0 Å². The molecule has 1 unspecified atom stereocenters. The summed E-state index contributed by atoms with van der Waals surface area (Å²) < 4.78 is 33.0. The van der Waals surface area contributed by atoms with Crippen molar-refractivity contribution in [3.05, 3.63) is 17.5 Å². The highest BCUT2D eigenvalue weighted by molar-refractivity contribution is 7.89. The third kappa shape index (κ3) is 2.82. The number of ether oxygens (including phenoxy) is 1. The molecule has 1 aromatic heterocycles. The highest BCUT2D eigenvalue weighted by Crippen LogP contribution is 2.29. The van der Waals surface area contributed by atoms with E-state index >= 15 is 0 Å². The molecular weight excluding hydrogens is 266 g/mol. The van der Waals surface area contributed by atoms with E-state index in [0.717, 1.165) is 11.3 Å². The maximum absolute atomic E-state index is 12.0. The summed E-state index contributed by atoms with van der Waals surface area (Å²) in [5.41, 5.74) is 2.08. The molecule has 0 aromatic carbocycles. The van der Waals surface area contributed by atoms with Gasteiger partial charge in [-0.25, -0.2) is 8.42 Å². The lowest BCUT2D eigenvalue weighted by Gasteiger charge is -2.32. The second-order valence-electron chi connectivity index (χ2n) is 4.73. The normalized spacial score (nSPS) is 20.5. The van der Waals surface area contributed by atoms with E-state index < -0.39 is 10.0 Å². The molecule has 2 rings (SSSR count). The summed E-state index contributed by atoms with van der Waals surface area (Å²) in [6.45, 7) is 5.66. The van der Waals surface area contributed by atoms with E-state index in [2.05, 4.69) is 5.10 Å². The SMILES string of the molecule is CCOCC1CN(S(=O)(=O)CC)Cc2cnn(C)c21. The van der Waals surface area contributed by atoms with Gasteiger partial charge >= 0.3 is 0 Å². The van der Waals surface area contributed by atoms with Crippen LogP contribution >= 0.6 is 0 Å². The molecule has 108 valence electrons. The van der Waals surface area contributed by atoms with Crippen molar-refractivity contribution in [2.45, 2.75) is 26.3 Å². The molecule has 0 spiro atoms. The number of hydrogen-bond donors (Lipinski definition) is 0. The number of aromatic nitrogens is 2. The van der Waals surface area contributed by atoms with Crippen LogP contribution in [0.15, 0.2) is 6.20 Å². The zero-order chi connectivity index (χ0) is 14.0. The van der Waals surface area contributed by atoms with Crippen LogP contribution < -0.4 is 0 Å². The van der Waals surface area contributed by atoms with E-state index in [1.54, 1.807) is 17.4 Å². The fourth-order valence-corrected chi connectivity index (χ4v) is 3.62. The van der Waals surface area contributed by atoms with Crippen LogP contribution in [0.3, 0.4) is 0 Å². The summed E-state index contributed by atoms with van der Waals surface area (Å²) in [7, 11) is -1.28. The molecule has 0 bridgehead atoms. The molecule has 0 aliphatic carbocycles. The van der Waals surface area contributed by atoms with Gasteiger partial charge in [-0.3, -0.25) is 4.68 Å². The summed E-state index contributed by atoms with van der Waals surface area (Å²) in [4.78, 5) is 0. The smallest absolute Gasteiger partial charge is 0.214 e. The maximum Gasteiger partial charge on any atom is 0.214 e. The molecule has 19 heavy (non-hydrogen) atoms. The standard InChI is InChI=1S/C12H21N3O3S/c1-4-18-9-11-8-15(19(16,17)5-2)7-10-6-13-14(3)12(10)11/h6,11H,4-5,7-9H2,1-3H3. The second kappa shape index (κ2) is 5.60. The minimum atomic E-state index is -3.17. The van der Waals surface area contributed by atoms with Crippen molar-refractivity contribution in [2.24, 2.45) is 7.05 Å². The van der Waals surface area contributed by atoms with Crippen LogP contribution in [0.1, 0.15) is 31.0 Å². The Morgan fingerprint density at radius 3 is 2.84 bits per heavy atom. The Morgan fingerprint density at radius 1 is 1.47 bits per heavy atom. The highest BCUT2D eigenvalue weighted by atomic mass is 32.2. The van der Waals surface area contributed by atoms with Crippen molar-refractivity contribution in [3.8, 4) is 0 Å². The number of hydrogen-bond acceptors (Lipinski definition) is 4. The number of aryl methyl sites for hydroxylation is 1. The summed E-state index contributed by atoms with van der Waals surface area (Å²) in [5.74, 6) is 0.182. The Kier molecular flexibility index (Phi) is 4.27. The second-order valence-corrected chi connectivity index (χ2v) is 6.99. The van der Waals surface area contributed by atoms with Crippen molar-refractivity contribution in [2.75, 3.05) is 25.5 Å². The third-order valence-corrected chi connectivity index (χ3v) is 5.30. The van der Waals surface area contributed by atoms with Gasteiger partial charge in [-0.1, -0.05) is 0 Å². The first-order valence-corrected chi connectivity index (χ1v) is 8.16. The monoisotopic (exact) mass is 287 g/mol. The molecule has 0 saturated carbocycles. The van der Waals surface area contributed by atoms with Crippen molar-refractivity contribution >= 4 is 10.0 Å². The number of fused-ring (bicyclic) bond motifs is 1. The van der Waals surface area contributed by atoms with Gasteiger partial charge < -0.3 is 4.74 Å². The Morgan fingerprint density at radius 2 is 2.21 bits per heavy atom. The van der Waals surface area contributed by atoms with Crippen LogP contribution in [0.4, 0.5) is 0 Å². The third-order valence-electron chi connectivity index (χ3n) is 3.50. The van der Waals surface area contributed by atoms with Gasteiger partial charge in [0.25, 0.3) is 0 Å². The fourth-order valence-electron chi connectivity index (χ4n) is 2.51. The zero-order valence-corrected chi connectivity index (χ0v) is 12.5. The van der Waals surface area contributed by atoms with Gasteiger partial charge in [-0.15, -0.1) is 0 Å². The van der Waals surface area contributed by atoms with Crippen LogP contribution in [0.5, 0.6) is 0 Å². The largest absolute Gasteiger partial charge is 0.381 e.